The first-order valence-electron chi connectivity index (χ1n) is 10.3. The van der Waals surface area contributed by atoms with Crippen molar-refractivity contribution in [2.24, 2.45) is 0 Å². The number of rotatable bonds is 5. The maximum atomic E-state index is 5.76. The van der Waals surface area contributed by atoms with Gasteiger partial charge in [-0.1, -0.05) is 25.0 Å². The van der Waals surface area contributed by atoms with Gasteiger partial charge in [0, 0.05) is 30.8 Å². The second-order valence-corrected chi connectivity index (χ2v) is 8.29. The minimum absolute atomic E-state index is 0.0202. The lowest BCUT2D eigenvalue weighted by atomic mass is 9.99. The second-order valence-electron chi connectivity index (χ2n) is 7.91. The van der Waals surface area contributed by atoms with Crippen LogP contribution >= 0.6 is 12.2 Å². The molecule has 0 spiro atoms. The van der Waals surface area contributed by atoms with E-state index in [4.69, 9.17) is 12.2 Å². The summed E-state index contributed by atoms with van der Waals surface area (Å²) in [7, 11) is 0. The molecule has 4 heterocycles. The fourth-order valence-electron chi connectivity index (χ4n) is 4.64. The number of thiocarbonyl (C=S) groups is 1. The SMILES string of the molecule is S=C1N[C@H](c2ccccn2)[C@H](c2ccn(C3CCCC3)c2)N1Cc1ccccn1. The Hall–Kier alpha value is -2.73. The van der Waals surface area contributed by atoms with Crippen LogP contribution < -0.4 is 5.32 Å². The predicted molar refractivity (Wildman–Crippen MR) is 117 cm³/mol. The Morgan fingerprint density at radius 2 is 1.79 bits per heavy atom. The van der Waals surface area contributed by atoms with E-state index in [-0.39, 0.29) is 12.1 Å². The van der Waals surface area contributed by atoms with Crippen LogP contribution in [0.1, 0.15) is 60.8 Å². The highest BCUT2D eigenvalue weighted by atomic mass is 32.1. The molecule has 3 aromatic rings. The minimum Gasteiger partial charge on any atom is -0.352 e. The summed E-state index contributed by atoms with van der Waals surface area (Å²) in [6, 6.07) is 15.1. The number of aromatic nitrogens is 3. The van der Waals surface area contributed by atoms with Gasteiger partial charge in [0.15, 0.2) is 5.11 Å². The van der Waals surface area contributed by atoms with Gasteiger partial charge in [-0.3, -0.25) is 9.97 Å². The standard InChI is InChI=1S/C23H25N5S/c29-23-26-21(20-10-4-6-13-25-20)22(28(23)16-18-7-3-5-12-24-18)17-11-14-27(15-17)19-8-1-2-9-19/h3-7,10-15,19,21-22H,1-2,8-9,16H2,(H,26,29)/t21-,22+/m1/s1. The minimum atomic E-state index is 0.0202. The van der Waals surface area contributed by atoms with Gasteiger partial charge < -0.3 is 14.8 Å². The zero-order valence-corrected chi connectivity index (χ0v) is 17.1. The van der Waals surface area contributed by atoms with Gasteiger partial charge in [0.2, 0.25) is 0 Å². The largest absolute Gasteiger partial charge is 0.352 e. The summed E-state index contributed by atoms with van der Waals surface area (Å²) in [6.07, 6.45) is 13.4. The van der Waals surface area contributed by atoms with Gasteiger partial charge in [0.1, 0.15) is 0 Å². The Balaban J connectivity index is 1.50. The fourth-order valence-corrected chi connectivity index (χ4v) is 4.95. The molecule has 6 heteroatoms. The first kappa shape index (κ1) is 18.3. The van der Waals surface area contributed by atoms with Crippen molar-refractivity contribution in [1.82, 2.24) is 24.8 Å². The van der Waals surface area contributed by atoms with Crippen molar-refractivity contribution in [1.29, 1.82) is 0 Å². The van der Waals surface area contributed by atoms with E-state index in [9.17, 15) is 0 Å². The molecule has 0 radical (unpaired) electrons. The number of nitrogens with zero attached hydrogens (tertiary/aromatic N) is 4. The average Bonchev–Trinajstić information content (AvgIpc) is 3.50. The molecule has 1 saturated heterocycles. The van der Waals surface area contributed by atoms with Crippen LogP contribution in [0, 0.1) is 0 Å². The maximum absolute atomic E-state index is 5.76. The summed E-state index contributed by atoms with van der Waals surface area (Å²) in [6.45, 7) is 0.676. The lowest BCUT2D eigenvalue weighted by molar-refractivity contribution is 0.307. The van der Waals surface area contributed by atoms with E-state index in [2.05, 4.69) is 55.3 Å². The van der Waals surface area contributed by atoms with Crippen molar-refractivity contribution in [2.75, 3.05) is 0 Å². The Morgan fingerprint density at radius 3 is 2.52 bits per heavy atom. The van der Waals surface area contributed by atoms with E-state index in [1.807, 2.05) is 36.7 Å². The number of pyridine rings is 2. The molecule has 2 aliphatic rings. The molecule has 0 bridgehead atoms. The molecule has 5 nitrogen and oxygen atoms in total. The quantitative estimate of drug-likeness (QED) is 0.633. The van der Waals surface area contributed by atoms with Crippen LogP contribution in [0.25, 0.3) is 0 Å². The number of nitrogens with one attached hydrogen (secondary N) is 1. The topological polar surface area (TPSA) is 46.0 Å². The van der Waals surface area contributed by atoms with Crippen molar-refractivity contribution in [2.45, 2.75) is 50.4 Å². The van der Waals surface area contributed by atoms with Gasteiger partial charge in [-0.25, -0.2) is 0 Å². The molecule has 2 fully saturated rings. The predicted octanol–water partition coefficient (Wildman–Crippen LogP) is 4.57. The summed E-state index contributed by atoms with van der Waals surface area (Å²) in [5.41, 5.74) is 3.30. The smallest absolute Gasteiger partial charge is 0.170 e. The summed E-state index contributed by atoms with van der Waals surface area (Å²) < 4.78 is 2.40. The fraction of sp³-hybridized carbons (Fsp3) is 0.348. The summed E-state index contributed by atoms with van der Waals surface area (Å²) in [5, 5.41) is 4.28. The van der Waals surface area contributed by atoms with Gasteiger partial charge in [-0.05, 0) is 61.0 Å². The van der Waals surface area contributed by atoms with E-state index >= 15 is 0 Å². The van der Waals surface area contributed by atoms with E-state index in [0.29, 0.717) is 12.6 Å². The zero-order chi connectivity index (χ0) is 19.6. The van der Waals surface area contributed by atoms with Gasteiger partial charge in [0.25, 0.3) is 0 Å². The third kappa shape index (κ3) is 3.65. The molecular weight excluding hydrogens is 378 g/mol. The summed E-state index contributed by atoms with van der Waals surface area (Å²) in [5.74, 6) is 0. The first-order valence-corrected chi connectivity index (χ1v) is 10.8. The first-order chi connectivity index (χ1) is 14.3. The third-order valence-electron chi connectivity index (χ3n) is 6.08. The van der Waals surface area contributed by atoms with E-state index in [1.165, 1.54) is 31.2 Å². The highest BCUT2D eigenvalue weighted by Gasteiger charge is 2.40. The van der Waals surface area contributed by atoms with Gasteiger partial charge in [-0.15, -0.1) is 0 Å². The van der Waals surface area contributed by atoms with Crippen molar-refractivity contribution in [3.05, 3.63) is 84.2 Å². The van der Waals surface area contributed by atoms with Crippen LogP contribution in [0.5, 0.6) is 0 Å². The monoisotopic (exact) mass is 403 g/mol. The van der Waals surface area contributed by atoms with Crippen molar-refractivity contribution >= 4 is 17.3 Å². The van der Waals surface area contributed by atoms with Gasteiger partial charge in [-0.2, -0.15) is 0 Å². The molecular formula is C23H25N5S. The maximum Gasteiger partial charge on any atom is 0.170 e. The summed E-state index contributed by atoms with van der Waals surface area (Å²) in [4.78, 5) is 11.4. The van der Waals surface area contributed by atoms with Crippen LogP contribution in [0.15, 0.2) is 67.3 Å². The van der Waals surface area contributed by atoms with Crippen LogP contribution in [0.3, 0.4) is 0 Å². The number of hydrogen-bond acceptors (Lipinski definition) is 3. The molecule has 1 saturated carbocycles. The second kappa shape index (κ2) is 7.95. The average molecular weight is 404 g/mol. The summed E-state index contributed by atoms with van der Waals surface area (Å²) >= 11 is 5.76. The Kier molecular flexibility index (Phi) is 5.02. The third-order valence-corrected chi connectivity index (χ3v) is 6.43. The molecule has 2 atom stereocenters. The normalized spacial score (nSPS) is 22.2. The van der Waals surface area contributed by atoms with Crippen LogP contribution in [-0.4, -0.2) is 24.5 Å². The van der Waals surface area contributed by atoms with E-state index < -0.39 is 0 Å². The molecule has 0 aromatic carbocycles. The molecule has 0 unspecified atom stereocenters. The van der Waals surface area contributed by atoms with Crippen molar-refractivity contribution < 1.29 is 0 Å². The lowest BCUT2D eigenvalue weighted by Crippen LogP contribution is -2.29. The lowest BCUT2D eigenvalue weighted by Gasteiger charge is -2.27. The highest BCUT2D eigenvalue weighted by molar-refractivity contribution is 7.80. The van der Waals surface area contributed by atoms with Gasteiger partial charge in [0.05, 0.1) is 30.0 Å². The van der Waals surface area contributed by atoms with E-state index in [0.717, 1.165) is 16.5 Å². The highest BCUT2D eigenvalue weighted by Crippen LogP contribution is 2.40. The van der Waals surface area contributed by atoms with Crippen molar-refractivity contribution in [3.8, 4) is 0 Å². The van der Waals surface area contributed by atoms with Crippen molar-refractivity contribution in [3.63, 3.8) is 0 Å². The Bertz CT molecular complexity index is 965. The molecule has 0 amide bonds. The Labute approximate surface area is 176 Å². The molecule has 3 aromatic heterocycles. The van der Waals surface area contributed by atoms with Gasteiger partial charge >= 0.3 is 0 Å². The van der Waals surface area contributed by atoms with E-state index in [1.54, 1.807) is 0 Å². The molecule has 1 aliphatic heterocycles. The molecule has 148 valence electrons. The van der Waals surface area contributed by atoms with Crippen LogP contribution in [0.4, 0.5) is 0 Å². The molecule has 1 N–H and O–H groups in total. The number of hydrogen-bond donors (Lipinski definition) is 1. The zero-order valence-electron chi connectivity index (χ0n) is 16.3. The van der Waals surface area contributed by atoms with Crippen LogP contribution in [-0.2, 0) is 6.54 Å². The Morgan fingerprint density at radius 1 is 1.00 bits per heavy atom. The molecule has 29 heavy (non-hydrogen) atoms. The molecule has 1 aliphatic carbocycles. The molecule has 5 rings (SSSR count). The van der Waals surface area contributed by atoms with Crippen LogP contribution in [0.2, 0.25) is 0 Å².